The second-order valence-corrected chi connectivity index (χ2v) is 5.13. The predicted molar refractivity (Wildman–Crippen MR) is 85.4 cm³/mol. The quantitative estimate of drug-likeness (QED) is 0.775. The van der Waals surface area contributed by atoms with Crippen molar-refractivity contribution in [3.63, 3.8) is 0 Å². The van der Waals surface area contributed by atoms with Crippen molar-refractivity contribution in [3.05, 3.63) is 65.6 Å². The van der Waals surface area contributed by atoms with E-state index in [-0.39, 0.29) is 11.4 Å². The summed E-state index contributed by atoms with van der Waals surface area (Å²) < 4.78 is 1.61. The highest BCUT2D eigenvalue weighted by atomic mass is 35.5. The number of halogens is 1. The summed E-state index contributed by atoms with van der Waals surface area (Å²) in [4.78, 5) is 15.6. The molecule has 5 nitrogen and oxygen atoms in total. The van der Waals surface area contributed by atoms with Crippen LogP contribution in [0.25, 0.3) is 16.8 Å². The fraction of sp³-hybridized carbons (Fsp3) is 0. The first kappa shape index (κ1) is 14.2. The molecule has 0 fully saturated rings. The van der Waals surface area contributed by atoms with Crippen LogP contribution in [0.3, 0.4) is 0 Å². The summed E-state index contributed by atoms with van der Waals surface area (Å²) in [7, 11) is 0. The van der Waals surface area contributed by atoms with Gasteiger partial charge in [0.15, 0.2) is 0 Å². The van der Waals surface area contributed by atoms with Crippen LogP contribution in [0.5, 0.6) is 0 Å². The van der Waals surface area contributed by atoms with Crippen molar-refractivity contribution in [3.8, 4) is 16.8 Å². The molecule has 22 heavy (non-hydrogen) atoms. The van der Waals surface area contributed by atoms with E-state index in [1.165, 1.54) is 0 Å². The Morgan fingerprint density at radius 1 is 1.23 bits per heavy atom. The van der Waals surface area contributed by atoms with Gasteiger partial charge in [-0.05, 0) is 29.8 Å². The number of aromatic nitrogens is 2. The zero-order valence-electron chi connectivity index (χ0n) is 11.4. The van der Waals surface area contributed by atoms with E-state index in [1.54, 1.807) is 59.6 Å². The molecule has 0 radical (unpaired) electrons. The monoisotopic (exact) mass is 313 g/mol. The molecule has 2 aromatic heterocycles. The van der Waals surface area contributed by atoms with E-state index in [0.717, 1.165) is 5.56 Å². The minimum atomic E-state index is -1.08. The largest absolute Gasteiger partial charge is 0.478 e. The Bertz CT molecular complexity index is 827. The van der Waals surface area contributed by atoms with Gasteiger partial charge in [0.25, 0.3) is 0 Å². The van der Waals surface area contributed by atoms with Crippen LogP contribution in [0.15, 0.2) is 55.0 Å². The van der Waals surface area contributed by atoms with Gasteiger partial charge in [-0.15, -0.1) is 0 Å². The Morgan fingerprint density at radius 2 is 1.95 bits per heavy atom. The lowest BCUT2D eigenvalue weighted by atomic mass is 10.0. The summed E-state index contributed by atoms with van der Waals surface area (Å²) in [6, 6.07) is 10.5. The summed E-state index contributed by atoms with van der Waals surface area (Å²) >= 11 is 5.88. The van der Waals surface area contributed by atoms with E-state index in [0.29, 0.717) is 16.3 Å². The number of carbonyl (C=O) groups is 1. The van der Waals surface area contributed by atoms with Crippen LogP contribution >= 0.6 is 11.6 Å². The summed E-state index contributed by atoms with van der Waals surface area (Å²) in [5.74, 6) is -0.921. The Kier molecular flexibility index (Phi) is 3.56. The number of anilines is 1. The zero-order chi connectivity index (χ0) is 15.7. The Hall–Kier alpha value is -2.79. The molecule has 0 aliphatic heterocycles. The molecule has 0 aliphatic rings. The SMILES string of the molecule is Nc1c(C(=O)O)c(-c2ccc(Cl)cc2)cn1-c1cccnc1. The third-order valence-electron chi connectivity index (χ3n) is 3.34. The van der Waals surface area contributed by atoms with Gasteiger partial charge in [0.1, 0.15) is 11.4 Å². The third-order valence-corrected chi connectivity index (χ3v) is 3.59. The lowest BCUT2D eigenvalue weighted by Crippen LogP contribution is -2.05. The third kappa shape index (κ3) is 2.42. The fourth-order valence-corrected chi connectivity index (χ4v) is 2.43. The van der Waals surface area contributed by atoms with Gasteiger partial charge in [-0.2, -0.15) is 0 Å². The van der Waals surface area contributed by atoms with E-state index < -0.39 is 5.97 Å². The first-order chi connectivity index (χ1) is 10.6. The average molecular weight is 314 g/mol. The normalized spacial score (nSPS) is 10.6. The van der Waals surface area contributed by atoms with Crippen molar-refractivity contribution < 1.29 is 9.90 Å². The van der Waals surface area contributed by atoms with Gasteiger partial charge in [-0.25, -0.2) is 4.79 Å². The van der Waals surface area contributed by atoms with Gasteiger partial charge in [-0.3, -0.25) is 4.98 Å². The van der Waals surface area contributed by atoms with Crippen LogP contribution < -0.4 is 5.73 Å². The Balaban J connectivity index is 2.22. The van der Waals surface area contributed by atoms with E-state index in [9.17, 15) is 9.90 Å². The van der Waals surface area contributed by atoms with Crippen molar-refractivity contribution in [1.29, 1.82) is 0 Å². The van der Waals surface area contributed by atoms with Crippen LogP contribution in [-0.2, 0) is 0 Å². The second-order valence-electron chi connectivity index (χ2n) is 4.70. The number of carboxylic acid groups (broad SMARTS) is 1. The number of aromatic carboxylic acids is 1. The molecular weight excluding hydrogens is 302 g/mol. The number of pyridine rings is 1. The molecule has 0 saturated carbocycles. The summed E-state index contributed by atoms with van der Waals surface area (Å²) in [6.07, 6.45) is 4.95. The fourth-order valence-electron chi connectivity index (χ4n) is 2.30. The lowest BCUT2D eigenvalue weighted by Gasteiger charge is -2.04. The van der Waals surface area contributed by atoms with Gasteiger partial charge in [0, 0.05) is 23.0 Å². The molecule has 0 spiro atoms. The number of nitrogens with two attached hydrogens (primary N) is 1. The first-order valence-corrected chi connectivity index (χ1v) is 6.86. The smallest absolute Gasteiger partial charge is 0.340 e. The molecule has 0 unspecified atom stereocenters. The molecule has 3 aromatic rings. The number of nitrogens with zero attached hydrogens (tertiary/aromatic N) is 2. The average Bonchev–Trinajstić information content (AvgIpc) is 2.86. The van der Waals surface area contributed by atoms with E-state index >= 15 is 0 Å². The van der Waals surface area contributed by atoms with Crippen LogP contribution in [0, 0.1) is 0 Å². The van der Waals surface area contributed by atoms with Gasteiger partial charge < -0.3 is 15.4 Å². The van der Waals surface area contributed by atoms with Crippen molar-refractivity contribution in [1.82, 2.24) is 9.55 Å². The van der Waals surface area contributed by atoms with Crippen LogP contribution in [0.1, 0.15) is 10.4 Å². The first-order valence-electron chi connectivity index (χ1n) is 6.48. The molecule has 2 heterocycles. The van der Waals surface area contributed by atoms with E-state index in [2.05, 4.69) is 4.98 Å². The highest BCUT2D eigenvalue weighted by molar-refractivity contribution is 6.30. The number of rotatable bonds is 3. The number of hydrogen-bond acceptors (Lipinski definition) is 3. The molecule has 3 N–H and O–H groups in total. The van der Waals surface area contributed by atoms with Gasteiger partial charge in [-0.1, -0.05) is 23.7 Å². The Morgan fingerprint density at radius 3 is 2.55 bits per heavy atom. The molecular formula is C16H12ClN3O2. The van der Waals surface area contributed by atoms with Crippen molar-refractivity contribution in [2.75, 3.05) is 5.73 Å². The molecule has 6 heteroatoms. The molecule has 1 aromatic carbocycles. The lowest BCUT2D eigenvalue weighted by molar-refractivity contribution is 0.0699. The molecule has 0 saturated heterocycles. The van der Waals surface area contributed by atoms with E-state index in [1.807, 2.05) is 0 Å². The highest BCUT2D eigenvalue weighted by Gasteiger charge is 2.21. The Labute approximate surface area is 131 Å². The summed E-state index contributed by atoms with van der Waals surface area (Å²) in [5.41, 5.74) is 8.06. The topological polar surface area (TPSA) is 81.1 Å². The maximum absolute atomic E-state index is 11.6. The van der Waals surface area contributed by atoms with Crippen LogP contribution in [-0.4, -0.2) is 20.6 Å². The summed E-state index contributed by atoms with van der Waals surface area (Å²) in [5, 5.41) is 10.1. The van der Waals surface area contributed by atoms with Crippen molar-refractivity contribution in [2.45, 2.75) is 0 Å². The number of nitrogen functional groups attached to an aromatic ring is 1. The second kappa shape index (κ2) is 5.54. The van der Waals surface area contributed by atoms with Crippen LogP contribution in [0.2, 0.25) is 5.02 Å². The molecule has 0 aliphatic carbocycles. The maximum atomic E-state index is 11.6. The highest BCUT2D eigenvalue weighted by Crippen LogP contribution is 2.32. The standard InChI is InChI=1S/C16H12ClN3O2/c17-11-5-3-10(4-6-11)13-9-20(12-2-1-7-19-8-12)15(18)14(13)16(21)22/h1-9H,18H2,(H,21,22). The van der Waals surface area contributed by atoms with Gasteiger partial charge >= 0.3 is 5.97 Å². The minimum absolute atomic E-state index is 0.0613. The predicted octanol–water partition coefficient (Wildman–Crippen LogP) is 3.47. The molecule has 0 bridgehead atoms. The minimum Gasteiger partial charge on any atom is -0.478 e. The molecule has 110 valence electrons. The molecule has 0 amide bonds. The maximum Gasteiger partial charge on any atom is 0.340 e. The zero-order valence-corrected chi connectivity index (χ0v) is 12.2. The van der Waals surface area contributed by atoms with E-state index in [4.69, 9.17) is 17.3 Å². The number of hydrogen-bond donors (Lipinski definition) is 2. The van der Waals surface area contributed by atoms with Crippen molar-refractivity contribution in [2.24, 2.45) is 0 Å². The molecule has 0 atom stereocenters. The molecule has 3 rings (SSSR count). The van der Waals surface area contributed by atoms with Crippen molar-refractivity contribution >= 4 is 23.4 Å². The number of benzene rings is 1. The summed E-state index contributed by atoms with van der Waals surface area (Å²) in [6.45, 7) is 0. The number of carboxylic acids is 1. The van der Waals surface area contributed by atoms with Gasteiger partial charge in [0.05, 0.1) is 11.9 Å². The van der Waals surface area contributed by atoms with Crippen LogP contribution in [0.4, 0.5) is 5.82 Å². The van der Waals surface area contributed by atoms with Gasteiger partial charge in [0.2, 0.25) is 0 Å².